The van der Waals surface area contributed by atoms with E-state index < -0.39 is 0 Å². The fourth-order valence-corrected chi connectivity index (χ4v) is 4.81. The molecule has 2 aliphatic rings. The second kappa shape index (κ2) is 7.00. The van der Waals surface area contributed by atoms with Gasteiger partial charge in [-0.2, -0.15) is 0 Å². The highest BCUT2D eigenvalue weighted by atomic mass is 32.1. The van der Waals surface area contributed by atoms with Gasteiger partial charge in [0.15, 0.2) is 0 Å². The van der Waals surface area contributed by atoms with Crippen molar-refractivity contribution in [2.75, 3.05) is 13.1 Å². The molecule has 0 bridgehead atoms. The molecule has 2 aliphatic heterocycles. The zero-order valence-corrected chi connectivity index (χ0v) is 15.0. The van der Waals surface area contributed by atoms with Gasteiger partial charge in [-0.3, -0.25) is 9.59 Å². The van der Waals surface area contributed by atoms with Crippen LogP contribution in [0.5, 0.6) is 0 Å². The first kappa shape index (κ1) is 16.3. The number of likely N-dealkylation sites (tertiary alicyclic amines) is 2. The lowest BCUT2D eigenvalue weighted by Crippen LogP contribution is -2.36. The van der Waals surface area contributed by atoms with E-state index in [4.69, 9.17) is 0 Å². The number of rotatable bonds is 4. The highest BCUT2D eigenvalue weighted by Crippen LogP contribution is 2.36. The maximum absolute atomic E-state index is 13.0. The second-order valence-corrected chi connectivity index (χ2v) is 7.85. The summed E-state index contributed by atoms with van der Waals surface area (Å²) < 4.78 is 0. The Morgan fingerprint density at radius 2 is 2.00 bits per heavy atom. The Labute approximate surface area is 152 Å². The Kier molecular flexibility index (Phi) is 4.57. The van der Waals surface area contributed by atoms with E-state index in [2.05, 4.69) is 11.4 Å². The highest BCUT2D eigenvalue weighted by Gasteiger charge is 2.40. The van der Waals surface area contributed by atoms with Crippen LogP contribution in [0.15, 0.2) is 47.8 Å². The molecule has 1 aromatic heterocycles. The summed E-state index contributed by atoms with van der Waals surface area (Å²) in [6, 6.07) is 14.3. The van der Waals surface area contributed by atoms with Gasteiger partial charge in [0.1, 0.15) is 0 Å². The molecule has 0 aliphatic carbocycles. The maximum atomic E-state index is 13.0. The van der Waals surface area contributed by atoms with Crippen molar-refractivity contribution in [1.82, 2.24) is 9.80 Å². The Morgan fingerprint density at radius 3 is 2.76 bits per heavy atom. The average molecular weight is 354 g/mol. The van der Waals surface area contributed by atoms with Gasteiger partial charge in [0.2, 0.25) is 11.8 Å². The van der Waals surface area contributed by atoms with Crippen LogP contribution in [0.1, 0.15) is 35.7 Å². The third-order valence-electron chi connectivity index (χ3n) is 5.19. The molecule has 0 saturated carbocycles. The van der Waals surface area contributed by atoms with Gasteiger partial charge in [0.05, 0.1) is 12.0 Å². The van der Waals surface area contributed by atoms with E-state index in [1.807, 2.05) is 46.2 Å². The number of thiophene rings is 1. The summed E-state index contributed by atoms with van der Waals surface area (Å²) in [4.78, 5) is 30.5. The van der Waals surface area contributed by atoms with Crippen LogP contribution < -0.4 is 0 Å². The maximum Gasteiger partial charge on any atom is 0.228 e. The molecular formula is C20H22N2O2S. The fourth-order valence-electron chi connectivity index (χ4n) is 3.94. The Bertz CT molecular complexity index is 744. The quantitative estimate of drug-likeness (QED) is 0.844. The summed E-state index contributed by atoms with van der Waals surface area (Å²) in [5, 5.41) is 2.07. The zero-order valence-electron chi connectivity index (χ0n) is 14.1. The number of amides is 2. The highest BCUT2D eigenvalue weighted by molar-refractivity contribution is 7.10. The van der Waals surface area contributed by atoms with Crippen LogP contribution in [0.4, 0.5) is 0 Å². The molecule has 3 heterocycles. The molecule has 2 saturated heterocycles. The SMILES string of the molecule is O=C1CC(C(=O)N2CCCC2c2cccs2)CN1Cc1ccccc1. The molecule has 1 aromatic carbocycles. The van der Waals surface area contributed by atoms with Gasteiger partial charge in [0, 0.05) is 30.9 Å². The Morgan fingerprint density at radius 1 is 1.16 bits per heavy atom. The van der Waals surface area contributed by atoms with Crippen LogP contribution >= 0.6 is 11.3 Å². The molecule has 4 rings (SSSR count). The smallest absolute Gasteiger partial charge is 0.228 e. The van der Waals surface area contributed by atoms with Crippen LogP contribution in [0, 0.1) is 5.92 Å². The van der Waals surface area contributed by atoms with Gasteiger partial charge in [-0.15, -0.1) is 11.3 Å². The number of carbonyl (C=O) groups is 2. The number of nitrogens with zero attached hydrogens (tertiary/aromatic N) is 2. The van der Waals surface area contributed by atoms with Gasteiger partial charge in [0.25, 0.3) is 0 Å². The standard InChI is InChI=1S/C20H22N2O2S/c23-19-12-16(14-21(19)13-15-6-2-1-3-7-15)20(24)22-10-4-8-17(22)18-9-5-11-25-18/h1-3,5-7,9,11,16-17H,4,8,10,12-14H2. The first-order valence-corrected chi connectivity index (χ1v) is 9.76. The molecule has 2 aromatic rings. The summed E-state index contributed by atoms with van der Waals surface area (Å²) in [7, 11) is 0. The summed E-state index contributed by atoms with van der Waals surface area (Å²) in [6.45, 7) is 1.95. The Hall–Kier alpha value is -2.14. The summed E-state index contributed by atoms with van der Waals surface area (Å²) in [5.41, 5.74) is 1.11. The summed E-state index contributed by atoms with van der Waals surface area (Å²) >= 11 is 1.72. The molecule has 4 nitrogen and oxygen atoms in total. The van der Waals surface area contributed by atoms with E-state index in [0.29, 0.717) is 19.5 Å². The number of benzene rings is 1. The fraction of sp³-hybridized carbons (Fsp3) is 0.400. The van der Waals surface area contributed by atoms with Crippen molar-refractivity contribution < 1.29 is 9.59 Å². The molecule has 2 atom stereocenters. The zero-order chi connectivity index (χ0) is 17.2. The van der Waals surface area contributed by atoms with Crippen molar-refractivity contribution in [3.63, 3.8) is 0 Å². The van der Waals surface area contributed by atoms with Gasteiger partial charge in [-0.1, -0.05) is 36.4 Å². The van der Waals surface area contributed by atoms with E-state index >= 15 is 0 Å². The molecule has 0 radical (unpaired) electrons. The number of carbonyl (C=O) groups excluding carboxylic acids is 2. The molecular weight excluding hydrogens is 332 g/mol. The molecule has 25 heavy (non-hydrogen) atoms. The first-order valence-electron chi connectivity index (χ1n) is 8.88. The van der Waals surface area contributed by atoms with Crippen molar-refractivity contribution in [2.24, 2.45) is 5.92 Å². The van der Waals surface area contributed by atoms with Crippen molar-refractivity contribution in [3.05, 3.63) is 58.3 Å². The summed E-state index contributed by atoms with van der Waals surface area (Å²) in [6.07, 6.45) is 2.42. The molecule has 0 spiro atoms. The summed E-state index contributed by atoms with van der Waals surface area (Å²) in [5.74, 6) is 0.0469. The molecule has 2 unspecified atom stereocenters. The van der Waals surface area contributed by atoms with Gasteiger partial charge >= 0.3 is 0 Å². The third kappa shape index (κ3) is 3.33. The number of hydrogen-bond acceptors (Lipinski definition) is 3. The first-order chi connectivity index (χ1) is 12.2. The van der Waals surface area contributed by atoms with Crippen LogP contribution in [0.25, 0.3) is 0 Å². The molecule has 130 valence electrons. The third-order valence-corrected chi connectivity index (χ3v) is 6.16. The largest absolute Gasteiger partial charge is 0.338 e. The normalized spacial score (nSPS) is 23.4. The average Bonchev–Trinajstić information content (AvgIpc) is 3.36. The van der Waals surface area contributed by atoms with Crippen molar-refractivity contribution in [1.29, 1.82) is 0 Å². The van der Waals surface area contributed by atoms with E-state index in [9.17, 15) is 9.59 Å². The minimum absolute atomic E-state index is 0.0917. The van der Waals surface area contributed by atoms with Crippen molar-refractivity contribution >= 4 is 23.2 Å². The Balaban J connectivity index is 1.43. The van der Waals surface area contributed by atoms with Crippen molar-refractivity contribution in [2.45, 2.75) is 31.8 Å². The van der Waals surface area contributed by atoms with E-state index in [0.717, 1.165) is 24.9 Å². The minimum Gasteiger partial charge on any atom is -0.338 e. The number of hydrogen-bond donors (Lipinski definition) is 0. The van der Waals surface area contributed by atoms with Crippen LogP contribution in [-0.4, -0.2) is 34.7 Å². The lowest BCUT2D eigenvalue weighted by molar-refractivity contribution is -0.136. The second-order valence-electron chi connectivity index (χ2n) is 6.87. The predicted molar refractivity (Wildman–Crippen MR) is 98.0 cm³/mol. The van der Waals surface area contributed by atoms with E-state index in [-0.39, 0.29) is 23.8 Å². The molecule has 2 amide bonds. The van der Waals surface area contributed by atoms with Gasteiger partial charge in [-0.25, -0.2) is 0 Å². The topological polar surface area (TPSA) is 40.6 Å². The van der Waals surface area contributed by atoms with Gasteiger partial charge in [-0.05, 0) is 29.9 Å². The van der Waals surface area contributed by atoms with E-state index in [1.165, 1.54) is 4.88 Å². The molecule has 2 fully saturated rings. The van der Waals surface area contributed by atoms with Crippen molar-refractivity contribution in [3.8, 4) is 0 Å². The van der Waals surface area contributed by atoms with E-state index in [1.54, 1.807) is 11.3 Å². The molecule has 0 N–H and O–H groups in total. The van der Waals surface area contributed by atoms with Crippen LogP contribution in [0.2, 0.25) is 0 Å². The monoisotopic (exact) mass is 354 g/mol. The molecule has 5 heteroatoms. The van der Waals surface area contributed by atoms with Crippen LogP contribution in [-0.2, 0) is 16.1 Å². The lowest BCUT2D eigenvalue weighted by atomic mass is 10.1. The van der Waals surface area contributed by atoms with Crippen LogP contribution in [0.3, 0.4) is 0 Å². The predicted octanol–water partition coefficient (Wildman–Crippen LogP) is 3.46. The van der Waals surface area contributed by atoms with Gasteiger partial charge < -0.3 is 9.80 Å². The minimum atomic E-state index is -0.197. The lowest BCUT2D eigenvalue weighted by Gasteiger charge is -2.26.